The molecule has 0 amide bonds. The van der Waals surface area contributed by atoms with Crippen LogP contribution >= 0.6 is 0 Å². The number of β-amino-alcohol motifs (C(OH)–C–C–N with tert-alkyl or cyclic N) is 1. The molecule has 0 spiro atoms. The van der Waals surface area contributed by atoms with E-state index in [1.807, 2.05) is 0 Å². The van der Waals surface area contributed by atoms with Crippen LogP contribution in [0.5, 0.6) is 0 Å². The van der Waals surface area contributed by atoms with E-state index in [4.69, 9.17) is 0 Å². The maximum atomic E-state index is 9.59. The number of rotatable bonds is 1. The summed E-state index contributed by atoms with van der Waals surface area (Å²) in [4.78, 5) is 2.22. The standard InChI is InChI=1S/C13H22N2O/c1-12(2)4-6-13(10-14,7-5-12)15-8-3-11(16)9-15/h11,16H,3-9H2,1-2H3/t11-/m0/s1. The highest BCUT2D eigenvalue weighted by Gasteiger charge is 2.44. The largest absolute Gasteiger partial charge is 0.392 e. The van der Waals surface area contributed by atoms with Crippen LogP contribution in [-0.4, -0.2) is 34.7 Å². The summed E-state index contributed by atoms with van der Waals surface area (Å²) in [6.07, 6.45) is 4.76. The molecule has 0 aromatic carbocycles. The Bertz CT molecular complexity index is 296. The zero-order valence-corrected chi connectivity index (χ0v) is 10.4. The van der Waals surface area contributed by atoms with Gasteiger partial charge in [-0.05, 0) is 37.5 Å². The van der Waals surface area contributed by atoms with E-state index in [-0.39, 0.29) is 11.6 Å². The predicted octanol–water partition coefficient (Wildman–Crippen LogP) is 1.92. The van der Waals surface area contributed by atoms with E-state index >= 15 is 0 Å². The van der Waals surface area contributed by atoms with Gasteiger partial charge in [0.1, 0.15) is 5.54 Å². The third kappa shape index (κ3) is 2.09. The van der Waals surface area contributed by atoms with Crippen LogP contribution in [0.25, 0.3) is 0 Å². The van der Waals surface area contributed by atoms with E-state index in [9.17, 15) is 10.4 Å². The molecule has 1 saturated carbocycles. The lowest BCUT2D eigenvalue weighted by atomic mass is 9.69. The van der Waals surface area contributed by atoms with Crippen molar-refractivity contribution < 1.29 is 5.11 Å². The maximum absolute atomic E-state index is 9.59. The van der Waals surface area contributed by atoms with Gasteiger partial charge >= 0.3 is 0 Å². The summed E-state index contributed by atoms with van der Waals surface area (Å²) >= 11 is 0. The topological polar surface area (TPSA) is 47.3 Å². The fraction of sp³-hybridized carbons (Fsp3) is 0.923. The smallest absolute Gasteiger partial charge is 0.109 e. The van der Waals surface area contributed by atoms with Crippen molar-refractivity contribution in [3.63, 3.8) is 0 Å². The molecule has 0 aromatic heterocycles. The summed E-state index contributed by atoms with van der Waals surface area (Å²) in [7, 11) is 0. The molecular weight excluding hydrogens is 200 g/mol. The Balaban J connectivity index is 2.08. The zero-order valence-electron chi connectivity index (χ0n) is 10.4. The van der Waals surface area contributed by atoms with Gasteiger partial charge in [0.2, 0.25) is 0 Å². The molecule has 0 aromatic rings. The summed E-state index contributed by atoms with van der Waals surface area (Å²) in [6.45, 7) is 6.14. The molecule has 16 heavy (non-hydrogen) atoms. The van der Waals surface area contributed by atoms with Crippen molar-refractivity contribution in [2.24, 2.45) is 5.41 Å². The molecule has 1 aliphatic carbocycles. The minimum atomic E-state index is -0.285. The minimum Gasteiger partial charge on any atom is -0.392 e. The number of nitriles is 1. The van der Waals surface area contributed by atoms with Gasteiger partial charge in [-0.2, -0.15) is 5.26 Å². The number of hydrogen-bond acceptors (Lipinski definition) is 3. The third-order valence-corrected chi connectivity index (χ3v) is 4.41. The van der Waals surface area contributed by atoms with Gasteiger partial charge in [0.05, 0.1) is 12.2 Å². The van der Waals surface area contributed by atoms with Crippen LogP contribution in [0.2, 0.25) is 0 Å². The van der Waals surface area contributed by atoms with Gasteiger partial charge in [0.15, 0.2) is 0 Å². The molecule has 90 valence electrons. The number of aliphatic hydroxyl groups excluding tert-OH is 1. The second-order valence-electron chi connectivity index (χ2n) is 6.20. The van der Waals surface area contributed by atoms with E-state index in [1.165, 1.54) is 0 Å². The lowest BCUT2D eigenvalue weighted by Gasteiger charge is -2.44. The van der Waals surface area contributed by atoms with Crippen LogP contribution in [0, 0.1) is 16.7 Å². The van der Waals surface area contributed by atoms with Crippen LogP contribution in [0.1, 0.15) is 46.0 Å². The first-order chi connectivity index (χ1) is 7.47. The molecule has 0 bridgehead atoms. The van der Waals surface area contributed by atoms with Crippen LogP contribution in [-0.2, 0) is 0 Å². The highest BCUT2D eigenvalue weighted by Crippen LogP contribution is 2.43. The second-order valence-corrected chi connectivity index (χ2v) is 6.20. The molecule has 1 aliphatic heterocycles. The highest BCUT2D eigenvalue weighted by molar-refractivity contribution is 5.12. The van der Waals surface area contributed by atoms with Crippen LogP contribution in [0.4, 0.5) is 0 Å². The molecule has 1 N–H and O–H groups in total. The fourth-order valence-electron chi connectivity index (χ4n) is 2.97. The van der Waals surface area contributed by atoms with Crippen LogP contribution in [0.3, 0.4) is 0 Å². The third-order valence-electron chi connectivity index (χ3n) is 4.41. The van der Waals surface area contributed by atoms with Crippen LogP contribution < -0.4 is 0 Å². The summed E-state index contributed by atoms with van der Waals surface area (Å²) < 4.78 is 0. The first-order valence-electron chi connectivity index (χ1n) is 6.32. The molecular formula is C13H22N2O. The number of likely N-dealkylation sites (tertiary alicyclic amines) is 1. The van der Waals surface area contributed by atoms with Gasteiger partial charge in [-0.1, -0.05) is 13.8 Å². The Morgan fingerprint density at radius 1 is 1.25 bits per heavy atom. The van der Waals surface area contributed by atoms with Crippen molar-refractivity contribution >= 4 is 0 Å². The molecule has 3 nitrogen and oxygen atoms in total. The molecule has 0 radical (unpaired) electrons. The normalized spacial score (nSPS) is 33.5. The van der Waals surface area contributed by atoms with Gasteiger partial charge in [-0.3, -0.25) is 4.90 Å². The zero-order chi connectivity index (χ0) is 11.8. The van der Waals surface area contributed by atoms with Crippen molar-refractivity contribution in [2.45, 2.75) is 57.6 Å². The van der Waals surface area contributed by atoms with E-state index in [2.05, 4.69) is 24.8 Å². The predicted molar refractivity (Wildman–Crippen MR) is 62.8 cm³/mol. The molecule has 1 heterocycles. The second kappa shape index (κ2) is 4.01. The average molecular weight is 222 g/mol. The van der Waals surface area contributed by atoms with Crippen molar-refractivity contribution in [1.82, 2.24) is 4.90 Å². The molecule has 3 heteroatoms. The Morgan fingerprint density at radius 3 is 2.31 bits per heavy atom. The summed E-state index contributed by atoms with van der Waals surface area (Å²) in [5.41, 5.74) is 0.103. The monoisotopic (exact) mass is 222 g/mol. The van der Waals surface area contributed by atoms with Gasteiger partial charge < -0.3 is 5.11 Å². The molecule has 1 atom stereocenters. The first-order valence-corrected chi connectivity index (χ1v) is 6.32. The SMILES string of the molecule is CC1(C)CCC(C#N)(N2CC[C@H](O)C2)CC1. The molecule has 1 saturated heterocycles. The van der Waals surface area contributed by atoms with Crippen LogP contribution in [0.15, 0.2) is 0 Å². The Labute approximate surface area is 98.1 Å². The van der Waals surface area contributed by atoms with Gasteiger partial charge in [0, 0.05) is 13.1 Å². The lowest BCUT2D eigenvalue weighted by Crippen LogP contribution is -2.50. The maximum Gasteiger partial charge on any atom is 0.109 e. The van der Waals surface area contributed by atoms with Gasteiger partial charge in [-0.15, -0.1) is 0 Å². The minimum absolute atomic E-state index is 0.222. The lowest BCUT2D eigenvalue weighted by molar-refractivity contribution is 0.0638. The van der Waals surface area contributed by atoms with E-state index in [1.54, 1.807) is 0 Å². The van der Waals surface area contributed by atoms with Crippen molar-refractivity contribution in [1.29, 1.82) is 5.26 Å². The summed E-state index contributed by atoms with van der Waals surface area (Å²) in [5, 5.41) is 19.1. The number of hydrogen-bond donors (Lipinski definition) is 1. The number of nitrogens with zero attached hydrogens (tertiary/aromatic N) is 2. The highest BCUT2D eigenvalue weighted by atomic mass is 16.3. The molecule has 0 unspecified atom stereocenters. The number of aliphatic hydroxyl groups is 1. The van der Waals surface area contributed by atoms with Crippen molar-refractivity contribution in [2.75, 3.05) is 13.1 Å². The molecule has 2 rings (SSSR count). The summed E-state index contributed by atoms with van der Waals surface area (Å²) in [6, 6.07) is 2.53. The summed E-state index contributed by atoms with van der Waals surface area (Å²) in [5.74, 6) is 0. The quantitative estimate of drug-likeness (QED) is 0.737. The fourth-order valence-corrected chi connectivity index (χ4v) is 2.97. The Hall–Kier alpha value is -0.590. The Kier molecular flexibility index (Phi) is 2.98. The van der Waals surface area contributed by atoms with Crippen molar-refractivity contribution in [3.8, 4) is 6.07 Å². The van der Waals surface area contributed by atoms with Gasteiger partial charge in [0.25, 0.3) is 0 Å². The molecule has 2 aliphatic rings. The van der Waals surface area contributed by atoms with E-state index in [0.29, 0.717) is 12.0 Å². The van der Waals surface area contributed by atoms with E-state index < -0.39 is 0 Å². The molecule has 2 fully saturated rings. The first kappa shape index (κ1) is 11.9. The van der Waals surface area contributed by atoms with Gasteiger partial charge in [-0.25, -0.2) is 0 Å². The van der Waals surface area contributed by atoms with Crippen molar-refractivity contribution in [3.05, 3.63) is 0 Å². The average Bonchev–Trinajstić information content (AvgIpc) is 2.66. The Morgan fingerprint density at radius 2 is 1.88 bits per heavy atom. The van der Waals surface area contributed by atoms with E-state index in [0.717, 1.165) is 38.6 Å².